The Morgan fingerprint density at radius 3 is 2.17 bits per heavy atom. The minimum absolute atomic E-state index is 0.0335. The Bertz CT molecular complexity index is 1040. The van der Waals surface area contributed by atoms with Gasteiger partial charge in [0.15, 0.2) is 5.79 Å². The number of amides is 1. The van der Waals surface area contributed by atoms with E-state index in [0.717, 1.165) is 24.2 Å². The van der Waals surface area contributed by atoms with E-state index in [1.807, 2.05) is 72.5 Å². The highest BCUT2D eigenvalue weighted by atomic mass is 16.7. The lowest BCUT2D eigenvalue weighted by Gasteiger charge is -2.46. The number of benzene rings is 2. The Kier molecular flexibility index (Phi) is 6.76. The van der Waals surface area contributed by atoms with Crippen LogP contribution in [0.4, 0.5) is 11.4 Å². The second-order valence-electron chi connectivity index (χ2n) is 9.79. The molecule has 3 aliphatic rings. The molecule has 4 atom stereocenters. The molecular weight excluding hydrogens is 442 g/mol. The summed E-state index contributed by atoms with van der Waals surface area (Å²) in [5.74, 6) is -1.24. The number of carbonyl (C=O) groups is 2. The van der Waals surface area contributed by atoms with Gasteiger partial charge >= 0.3 is 5.97 Å². The lowest BCUT2D eigenvalue weighted by atomic mass is 9.63. The predicted molar refractivity (Wildman–Crippen MR) is 133 cm³/mol. The van der Waals surface area contributed by atoms with Crippen molar-refractivity contribution in [3.8, 4) is 0 Å². The number of fused-ring (bicyclic) bond motifs is 1. The van der Waals surface area contributed by atoms with Crippen molar-refractivity contribution in [2.75, 3.05) is 18.1 Å². The summed E-state index contributed by atoms with van der Waals surface area (Å²) in [6.07, 6.45) is 4.77. The van der Waals surface area contributed by atoms with Crippen LogP contribution in [0.15, 0.2) is 72.3 Å². The number of esters is 1. The van der Waals surface area contributed by atoms with Crippen LogP contribution < -0.4 is 4.90 Å². The Labute approximate surface area is 206 Å². The molecule has 5 rings (SSSR count). The van der Waals surface area contributed by atoms with Crippen molar-refractivity contribution in [3.63, 3.8) is 0 Å². The number of nitrogens with zero attached hydrogens (tertiary/aromatic N) is 1. The number of ether oxygens (including phenoxy) is 3. The first-order chi connectivity index (χ1) is 17.0. The zero-order valence-electron chi connectivity index (χ0n) is 20.4. The Hall–Kier alpha value is -2.96. The second-order valence-corrected chi connectivity index (χ2v) is 9.79. The molecule has 2 aromatic rings. The van der Waals surface area contributed by atoms with E-state index in [-0.39, 0.29) is 35.7 Å². The molecule has 2 aliphatic carbocycles. The van der Waals surface area contributed by atoms with E-state index in [2.05, 4.69) is 6.08 Å². The van der Waals surface area contributed by atoms with Gasteiger partial charge in [-0.15, -0.1) is 0 Å². The lowest BCUT2D eigenvalue weighted by Crippen LogP contribution is -2.49. The first-order valence-electron chi connectivity index (χ1n) is 12.6. The molecule has 1 amide bonds. The molecule has 184 valence electrons. The van der Waals surface area contributed by atoms with E-state index in [0.29, 0.717) is 26.1 Å². The van der Waals surface area contributed by atoms with Crippen LogP contribution in [0, 0.1) is 17.8 Å². The van der Waals surface area contributed by atoms with Crippen LogP contribution >= 0.6 is 0 Å². The summed E-state index contributed by atoms with van der Waals surface area (Å²) in [7, 11) is 0. The van der Waals surface area contributed by atoms with Crippen molar-refractivity contribution in [2.45, 2.75) is 51.4 Å². The zero-order valence-corrected chi connectivity index (χ0v) is 20.4. The van der Waals surface area contributed by atoms with Gasteiger partial charge in [0, 0.05) is 37.1 Å². The molecule has 2 aromatic carbocycles. The number of anilines is 2. The summed E-state index contributed by atoms with van der Waals surface area (Å²) >= 11 is 0. The van der Waals surface area contributed by atoms with Gasteiger partial charge in [0.2, 0.25) is 5.91 Å². The third kappa shape index (κ3) is 4.78. The minimum Gasteiger partial charge on any atom is -0.463 e. The number of hydrogen-bond acceptors (Lipinski definition) is 5. The Morgan fingerprint density at radius 1 is 1.00 bits per heavy atom. The first-order valence-corrected chi connectivity index (χ1v) is 12.6. The van der Waals surface area contributed by atoms with E-state index in [1.54, 1.807) is 0 Å². The molecule has 6 nitrogen and oxygen atoms in total. The first kappa shape index (κ1) is 23.8. The Balaban J connectivity index is 1.54. The summed E-state index contributed by atoms with van der Waals surface area (Å²) in [4.78, 5) is 28.2. The maximum Gasteiger partial charge on any atom is 0.302 e. The summed E-state index contributed by atoms with van der Waals surface area (Å²) in [6, 6.07) is 19.5. The zero-order chi connectivity index (χ0) is 24.4. The molecule has 0 radical (unpaired) electrons. The molecule has 0 aromatic heterocycles. The summed E-state index contributed by atoms with van der Waals surface area (Å²) in [6.45, 7) is 4.56. The van der Waals surface area contributed by atoms with Gasteiger partial charge in [-0.3, -0.25) is 14.5 Å². The van der Waals surface area contributed by atoms with Gasteiger partial charge in [0.25, 0.3) is 0 Å². The van der Waals surface area contributed by atoms with Crippen LogP contribution in [-0.4, -0.2) is 37.0 Å². The fourth-order valence-corrected chi connectivity index (χ4v) is 6.10. The van der Waals surface area contributed by atoms with Gasteiger partial charge in [0.05, 0.1) is 19.1 Å². The summed E-state index contributed by atoms with van der Waals surface area (Å²) < 4.78 is 17.7. The third-order valence-corrected chi connectivity index (χ3v) is 7.64. The lowest BCUT2D eigenvalue weighted by molar-refractivity contribution is -0.176. The number of para-hydroxylation sites is 2. The SMILES string of the molecule is CC(=O)OC(C)[C@@H]1CC=C2CC3(CC[C@H]2[C@@H]1C(=O)N(c1ccccc1)c1ccccc1)OCCO3. The van der Waals surface area contributed by atoms with Crippen LogP contribution in [0.2, 0.25) is 0 Å². The topological polar surface area (TPSA) is 65.1 Å². The van der Waals surface area contributed by atoms with Crippen molar-refractivity contribution >= 4 is 23.3 Å². The maximum atomic E-state index is 14.6. The average Bonchev–Trinajstić information content (AvgIpc) is 3.31. The normalized spacial score (nSPS) is 25.9. The third-order valence-electron chi connectivity index (χ3n) is 7.64. The van der Waals surface area contributed by atoms with Crippen LogP contribution in [0.1, 0.15) is 39.5 Å². The smallest absolute Gasteiger partial charge is 0.302 e. The molecule has 2 fully saturated rings. The quantitative estimate of drug-likeness (QED) is 0.427. The van der Waals surface area contributed by atoms with Crippen molar-refractivity contribution in [1.82, 2.24) is 0 Å². The highest BCUT2D eigenvalue weighted by molar-refractivity contribution is 6.02. The van der Waals surface area contributed by atoms with E-state index >= 15 is 0 Å². The molecule has 35 heavy (non-hydrogen) atoms. The van der Waals surface area contributed by atoms with E-state index < -0.39 is 5.79 Å². The molecule has 0 bridgehead atoms. The van der Waals surface area contributed by atoms with Gasteiger partial charge in [-0.25, -0.2) is 0 Å². The number of hydrogen-bond donors (Lipinski definition) is 0. The highest BCUT2D eigenvalue weighted by Crippen LogP contribution is 2.50. The van der Waals surface area contributed by atoms with E-state index in [4.69, 9.17) is 14.2 Å². The van der Waals surface area contributed by atoms with Crippen molar-refractivity contribution < 1.29 is 23.8 Å². The molecular formula is C29H33NO5. The second kappa shape index (κ2) is 9.96. The van der Waals surface area contributed by atoms with Gasteiger partial charge in [0.1, 0.15) is 6.10 Å². The van der Waals surface area contributed by atoms with Crippen LogP contribution in [-0.2, 0) is 23.8 Å². The molecule has 1 spiro atoms. The van der Waals surface area contributed by atoms with Gasteiger partial charge < -0.3 is 14.2 Å². The van der Waals surface area contributed by atoms with Gasteiger partial charge in [-0.05, 0) is 49.9 Å². The fraction of sp³-hybridized carbons (Fsp3) is 0.448. The monoisotopic (exact) mass is 475 g/mol. The van der Waals surface area contributed by atoms with Crippen LogP contribution in [0.5, 0.6) is 0 Å². The fourth-order valence-electron chi connectivity index (χ4n) is 6.10. The molecule has 6 heteroatoms. The van der Waals surface area contributed by atoms with E-state index in [9.17, 15) is 9.59 Å². The molecule has 1 heterocycles. The molecule has 1 saturated carbocycles. The Morgan fingerprint density at radius 2 is 1.60 bits per heavy atom. The van der Waals surface area contributed by atoms with Crippen molar-refractivity contribution in [2.24, 2.45) is 17.8 Å². The molecule has 1 saturated heterocycles. The number of allylic oxidation sites excluding steroid dienone is 1. The highest BCUT2D eigenvalue weighted by Gasteiger charge is 2.51. The maximum absolute atomic E-state index is 14.6. The minimum atomic E-state index is -0.553. The average molecular weight is 476 g/mol. The molecule has 1 aliphatic heterocycles. The van der Waals surface area contributed by atoms with Gasteiger partial charge in [-0.1, -0.05) is 48.0 Å². The molecule has 1 unspecified atom stereocenters. The largest absolute Gasteiger partial charge is 0.463 e. The van der Waals surface area contributed by atoms with Crippen molar-refractivity contribution in [1.29, 1.82) is 0 Å². The molecule has 0 N–H and O–H groups in total. The van der Waals surface area contributed by atoms with Crippen LogP contribution in [0.3, 0.4) is 0 Å². The summed E-state index contributed by atoms with van der Waals surface area (Å²) in [5, 5.41) is 0. The van der Waals surface area contributed by atoms with Gasteiger partial charge in [-0.2, -0.15) is 0 Å². The number of rotatable bonds is 5. The van der Waals surface area contributed by atoms with Crippen LogP contribution in [0.25, 0.3) is 0 Å². The van der Waals surface area contributed by atoms with E-state index in [1.165, 1.54) is 12.5 Å². The summed E-state index contributed by atoms with van der Waals surface area (Å²) in [5.41, 5.74) is 2.88. The number of carbonyl (C=O) groups excluding carboxylic acids is 2. The van der Waals surface area contributed by atoms with Crippen molar-refractivity contribution in [3.05, 3.63) is 72.3 Å². The standard InChI is InChI=1S/C29H33NO5/c1-20(35-21(2)31)25-14-13-22-19-29(33-17-18-34-29)16-15-26(22)27(25)28(32)30(23-9-5-3-6-10-23)24-11-7-4-8-12-24/h3-13,20,25-27H,14-19H2,1-2H3/t20?,25-,26+,27+/m0/s1. The predicted octanol–water partition coefficient (Wildman–Crippen LogP) is 5.41.